The fourth-order valence-electron chi connectivity index (χ4n) is 10.6. The fraction of sp³-hybridized carbons (Fsp3) is 0.542. The van der Waals surface area contributed by atoms with Gasteiger partial charge in [0.1, 0.15) is 58.6 Å². The quantitative estimate of drug-likeness (QED) is 0.0371. The van der Waals surface area contributed by atoms with Crippen LogP contribution in [0.15, 0.2) is 66.7 Å². The van der Waals surface area contributed by atoms with Crippen LogP contribution >= 0.6 is 11.3 Å². The SMILES string of the molecule is COCCCCCCOc1ccc(-c2nnc(-c3ccc(C(=O)NC4C[C@@H](O)CNC(=O)[C@@H]5[C@@H](O)[C@@H](C)CN5C(=O)[C@H]([C@H](O)CCN)NC(=O)[C@H]([C@H](O)Cc5ccc(O)c(OCCN)c5)NC(=O)[C@@H]5C[C@@H](O)CN5C(=O)[C@H]([C@@H](C)O)NC4=O)cc3)s2)cc1. The summed E-state index contributed by atoms with van der Waals surface area (Å²) in [5.74, 6) is -7.95. The number of nitrogens with two attached hydrogens (primary N) is 2. The lowest BCUT2D eigenvalue weighted by atomic mass is 9.98. The van der Waals surface area contributed by atoms with Gasteiger partial charge in [0.05, 0.1) is 43.2 Å². The molecule has 29 heteroatoms. The molecule has 13 atom stereocenters. The molecular weight excluding hydrogens is 1170 g/mol. The molecule has 3 aliphatic rings. The first kappa shape index (κ1) is 68.0. The van der Waals surface area contributed by atoms with Gasteiger partial charge in [0.2, 0.25) is 35.4 Å². The largest absolute Gasteiger partial charge is 0.504 e. The summed E-state index contributed by atoms with van der Waals surface area (Å²) in [4.78, 5) is 103. The molecule has 16 N–H and O–H groups in total. The average molecular weight is 1250 g/mol. The Morgan fingerprint density at radius 3 is 2.00 bits per heavy atom. The first-order valence-corrected chi connectivity index (χ1v) is 30.1. The van der Waals surface area contributed by atoms with Gasteiger partial charge >= 0.3 is 0 Å². The summed E-state index contributed by atoms with van der Waals surface area (Å²) >= 11 is 1.30. The van der Waals surface area contributed by atoms with Gasteiger partial charge in [0.25, 0.3) is 5.91 Å². The molecule has 3 aromatic carbocycles. The van der Waals surface area contributed by atoms with Crippen LogP contribution in [0, 0.1) is 5.92 Å². The van der Waals surface area contributed by atoms with Gasteiger partial charge < -0.3 is 97.8 Å². The van der Waals surface area contributed by atoms with Crippen molar-refractivity contribution in [2.75, 3.05) is 59.7 Å². The number of nitrogens with zero attached hydrogens (tertiary/aromatic N) is 4. The molecule has 1 aromatic heterocycles. The summed E-state index contributed by atoms with van der Waals surface area (Å²) in [5, 5.41) is 101. The van der Waals surface area contributed by atoms with Crippen molar-refractivity contribution in [2.45, 2.75) is 138 Å². The van der Waals surface area contributed by atoms with E-state index in [1.165, 1.54) is 48.6 Å². The summed E-state index contributed by atoms with van der Waals surface area (Å²) in [6.07, 6.45) is -7.85. The smallest absolute Gasteiger partial charge is 0.251 e. The number of amides is 7. The first-order valence-electron chi connectivity index (χ1n) is 29.3. The second-order valence-corrected chi connectivity index (χ2v) is 23.3. The van der Waals surface area contributed by atoms with E-state index < -0.39 is 152 Å². The van der Waals surface area contributed by atoms with Crippen LogP contribution in [-0.4, -0.2) is 230 Å². The molecule has 3 fully saturated rings. The third-order valence-electron chi connectivity index (χ3n) is 15.5. The number of benzene rings is 3. The Bertz CT molecular complexity index is 3010. The highest BCUT2D eigenvalue weighted by atomic mass is 32.1. The molecule has 7 amide bonds. The van der Waals surface area contributed by atoms with E-state index >= 15 is 0 Å². The van der Waals surface area contributed by atoms with Crippen molar-refractivity contribution < 1.29 is 83.5 Å². The zero-order valence-electron chi connectivity index (χ0n) is 49.2. The van der Waals surface area contributed by atoms with Gasteiger partial charge in [-0.3, -0.25) is 33.6 Å². The molecule has 3 saturated heterocycles. The van der Waals surface area contributed by atoms with Crippen molar-refractivity contribution in [3.05, 3.63) is 77.9 Å². The summed E-state index contributed by atoms with van der Waals surface area (Å²) in [6, 6.07) is 6.64. The maximum Gasteiger partial charge on any atom is 0.251 e. The van der Waals surface area contributed by atoms with E-state index in [-0.39, 0.29) is 55.3 Å². The second-order valence-electron chi connectivity index (χ2n) is 22.3. The number of nitrogens with one attached hydrogen (secondary N) is 5. The summed E-state index contributed by atoms with van der Waals surface area (Å²) in [6.45, 7) is 2.38. The van der Waals surface area contributed by atoms with Gasteiger partial charge in [-0.1, -0.05) is 42.9 Å². The van der Waals surface area contributed by atoms with Crippen LogP contribution in [0.5, 0.6) is 17.2 Å². The molecule has 7 rings (SSSR count). The molecule has 0 saturated carbocycles. The Labute approximate surface area is 512 Å². The number of hydrogen-bond donors (Lipinski definition) is 14. The lowest BCUT2D eigenvalue weighted by molar-refractivity contribution is -0.147. The molecule has 28 nitrogen and oxygen atoms in total. The fourth-order valence-corrected chi connectivity index (χ4v) is 11.5. The molecule has 0 spiro atoms. The van der Waals surface area contributed by atoms with E-state index in [1.807, 2.05) is 24.3 Å². The maximum atomic E-state index is 14.7. The number of aliphatic hydroxyl groups is 6. The molecule has 4 heterocycles. The number of hydrogen-bond acceptors (Lipinski definition) is 22. The van der Waals surface area contributed by atoms with E-state index in [1.54, 1.807) is 19.2 Å². The van der Waals surface area contributed by atoms with Gasteiger partial charge in [-0.15, -0.1) is 10.2 Å². The Morgan fingerprint density at radius 2 is 1.35 bits per heavy atom. The zero-order valence-corrected chi connectivity index (χ0v) is 50.1. The average Bonchev–Trinajstić information content (AvgIpc) is 2.61. The number of carbonyl (C=O) groups is 7. The Hall–Kier alpha value is -7.45. The minimum atomic E-state index is -2.04. The van der Waals surface area contributed by atoms with Crippen LogP contribution < -0.4 is 47.5 Å². The number of β-amino-alcohol motifs (C(OH)–C–C–N with tert-alkyl or cyclic N) is 1. The van der Waals surface area contributed by atoms with Crippen molar-refractivity contribution in [2.24, 2.45) is 17.4 Å². The third-order valence-corrected chi connectivity index (χ3v) is 16.5. The number of aromatic nitrogens is 2. The zero-order chi connectivity index (χ0) is 63.8. The Balaban J connectivity index is 1.15. The van der Waals surface area contributed by atoms with Gasteiger partial charge in [0, 0.05) is 81.8 Å². The summed E-state index contributed by atoms with van der Waals surface area (Å²) in [7, 11) is 1.69. The van der Waals surface area contributed by atoms with Crippen molar-refractivity contribution in [1.29, 1.82) is 0 Å². The number of unbranched alkanes of at least 4 members (excludes halogenated alkanes) is 3. The van der Waals surface area contributed by atoms with E-state index in [2.05, 4.69) is 36.8 Å². The molecule has 4 aromatic rings. The van der Waals surface area contributed by atoms with Gasteiger partial charge in [-0.25, -0.2) is 0 Å². The van der Waals surface area contributed by atoms with E-state index in [0.717, 1.165) is 60.3 Å². The molecule has 0 bridgehead atoms. The van der Waals surface area contributed by atoms with E-state index in [0.29, 0.717) is 22.2 Å². The number of methoxy groups -OCH3 is 1. The number of rotatable bonds is 22. The monoisotopic (exact) mass is 1250 g/mol. The predicted molar refractivity (Wildman–Crippen MR) is 318 cm³/mol. The number of phenolic OH excluding ortho intramolecular Hbond substituents is 1. The molecule has 88 heavy (non-hydrogen) atoms. The van der Waals surface area contributed by atoms with Crippen molar-refractivity contribution >= 4 is 52.7 Å². The number of ether oxygens (including phenoxy) is 3. The highest BCUT2D eigenvalue weighted by Gasteiger charge is 2.50. The molecule has 0 radical (unpaired) electrons. The third kappa shape index (κ3) is 17.7. The highest BCUT2D eigenvalue weighted by Crippen LogP contribution is 2.33. The van der Waals surface area contributed by atoms with Gasteiger partial charge in [-0.2, -0.15) is 0 Å². The molecule has 1 unspecified atom stereocenters. The summed E-state index contributed by atoms with van der Waals surface area (Å²) in [5.41, 5.74) is 13.1. The Kier molecular flexibility index (Phi) is 24.9. The van der Waals surface area contributed by atoms with Crippen LogP contribution in [0.2, 0.25) is 0 Å². The number of aliphatic hydroxyl groups excluding tert-OH is 6. The highest BCUT2D eigenvalue weighted by molar-refractivity contribution is 7.17. The maximum absolute atomic E-state index is 14.7. The standard InChI is InChI=1S/C59H81N11O17S/c1-31-29-70-49(50(31)77)55(82)62-28-37(72)26-40(63-51(78)34-9-11-35(12-10-34)56-67-68-57(88-56)36-13-15-39(16-14-36)86-22-7-5-4-6-21-85-3)52(79)64-46(32(2)71)58(83)69-30-38(73)27-41(69)53(80)65-47(54(81)66-48(59(70)84)43(75)18-19-60)44(76)24-33-8-17-42(74)45(25-33)87-23-20-61/h8-17,25,31-32,37-38,40-41,43-44,46-50,71-77H,4-7,18-24,26-30,60-61H2,1-3H3,(H,62,82)(H,63,78)(H,64,79)(H,65,80)(H,66,81)/t31-,32+,37+,38+,40?,41-,43+,44+,46-,47-,48-,49-,50-/m0/s1. The van der Waals surface area contributed by atoms with Crippen molar-refractivity contribution in [1.82, 2.24) is 46.6 Å². The van der Waals surface area contributed by atoms with Gasteiger partial charge in [0.15, 0.2) is 11.5 Å². The van der Waals surface area contributed by atoms with Crippen LogP contribution in [-0.2, 0) is 39.9 Å². The van der Waals surface area contributed by atoms with Crippen LogP contribution in [0.4, 0.5) is 0 Å². The lowest BCUT2D eigenvalue weighted by Gasteiger charge is -2.34. The first-order chi connectivity index (χ1) is 42.1. The molecule has 3 aliphatic heterocycles. The molecular formula is C59H81N11O17S. The number of fused-ring (bicyclic) bond motifs is 2. The van der Waals surface area contributed by atoms with Crippen LogP contribution in [0.25, 0.3) is 21.1 Å². The predicted octanol–water partition coefficient (Wildman–Crippen LogP) is -2.20. The number of phenols is 1. The second kappa shape index (κ2) is 32.2. The summed E-state index contributed by atoms with van der Waals surface area (Å²) < 4.78 is 16.5. The normalized spacial score (nSPS) is 25.3. The van der Waals surface area contributed by atoms with Gasteiger partial charge in [-0.05, 0) is 93.2 Å². The Morgan fingerprint density at radius 1 is 0.716 bits per heavy atom. The van der Waals surface area contributed by atoms with Crippen LogP contribution in [0.3, 0.4) is 0 Å². The van der Waals surface area contributed by atoms with E-state index in [9.17, 15) is 69.3 Å². The molecule has 480 valence electrons. The lowest BCUT2D eigenvalue weighted by Crippen LogP contribution is -2.64. The number of carbonyl (C=O) groups excluding carboxylic acids is 7. The minimum absolute atomic E-state index is 0.00583. The van der Waals surface area contributed by atoms with Crippen molar-refractivity contribution in [3.63, 3.8) is 0 Å². The topological polar surface area (TPSA) is 433 Å². The minimum Gasteiger partial charge on any atom is -0.504 e. The van der Waals surface area contributed by atoms with Crippen molar-refractivity contribution in [3.8, 4) is 38.4 Å². The number of aromatic hydroxyl groups is 1. The van der Waals surface area contributed by atoms with E-state index in [4.69, 9.17) is 25.7 Å². The van der Waals surface area contributed by atoms with Crippen LogP contribution in [0.1, 0.15) is 74.7 Å². The molecule has 0 aliphatic carbocycles.